The molecule has 5 heteroatoms. The quantitative estimate of drug-likeness (QED) is 0.833. The Labute approximate surface area is 97.2 Å². The van der Waals surface area contributed by atoms with Gasteiger partial charge in [0.05, 0.1) is 11.8 Å². The Hall–Kier alpha value is -0.810. The predicted molar refractivity (Wildman–Crippen MR) is 66.9 cm³/mol. The van der Waals surface area contributed by atoms with Crippen molar-refractivity contribution in [2.75, 3.05) is 5.75 Å². The summed E-state index contributed by atoms with van der Waals surface area (Å²) in [6.07, 6.45) is 1.62. The van der Waals surface area contributed by atoms with Crippen molar-refractivity contribution in [2.45, 2.75) is 13.5 Å². The second kappa shape index (κ2) is 4.37. The number of aromatic nitrogens is 2. The molecule has 1 atom stereocenters. The largest absolute Gasteiger partial charge is 0.298 e. The van der Waals surface area contributed by atoms with E-state index in [2.05, 4.69) is 24.5 Å². The van der Waals surface area contributed by atoms with Crippen LogP contribution in [0.15, 0.2) is 22.6 Å². The number of fused-ring (bicyclic) bond motifs is 1. The minimum atomic E-state index is 0.0589. The third kappa shape index (κ3) is 2.08. The maximum atomic E-state index is 11.9. The zero-order chi connectivity index (χ0) is 10.8. The summed E-state index contributed by atoms with van der Waals surface area (Å²) >= 11 is 5.66. The normalized spacial score (nSPS) is 13.2. The summed E-state index contributed by atoms with van der Waals surface area (Å²) in [5.41, 5.74) is 0.850. The Balaban J connectivity index is 2.44. The van der Waals surface area contributed by atoms with Gasteiger partial charge in [-0.15, -0.1) is 11.3 Å². The zero-order valence-electron chi connectivity index (χ0n) is 8.38. The lowest BCUT2D eigenvalue weighted by Gasteiger charge is -2.09. The van der Waals surface area contributed by atoms with Gasteiger partial charge in [0.2, 0.25) is 0 Å². The van der Waals surface area contributed by atoms with Crippen LogP contribution < -0.4 is 5.56 Å². The summed E-state index contributed by atoms with van der Waals surface area (Å²) in [7, 11) is 0. The van der Waals surface area contributed by atoms with Crippen molar-refractivity contribution in [1.82, 2.24) is 9.55 Å². The van der Waals surface area contributed by atoms with Crippen molar-refractivity contribution in [3.63, 3.8) is 0 Å². The highest BCUT2D eigenvalue weighted by atomic mass is 32.1. The summed E-state index contributed by atoms with van der Waals surface area (Å²) in [6.45, 7) is 2.75. The minimum absolute atomic E-state index is 0.0589. The van der Waals surface area contributed by atoms with E-state index in [1.54, 1.807) is 10.9 Å². The second-order valence-electron chi connectivity index (χ2n) is 3.62. The van der Waals surface area contributed by atoms with Crippen molar-refractivity contribution in [2.24, 2.45) is 5.92 Å². The van der Waals surface area contributed by atoms with Gasteiger partial charge in [-0.3, -0.25) is 9.36 Å². The molecule has 0 radical (unpaired) electrons. The number of thiophene rings is 1. The van der Waals surface area contributed by atoms with E-state index in [9.17, 15) is 4.79 Å². The zero-order valence-corrected chi connectivity index (χ0v) is 10.1. The highest BCUT2D eigenvalue weighted by Crippen LogP contribution is 2.13. The minimum Gasteiger partial charge on any atom is -0.298 e. The van der Waals surface area contributed by atoms with Crippen molar-refractivity contribution in [3.8, 4) is 0 Å². The molecular weight excluding hydrogens is 228 g/mol. The van der Waals surface area contributed by atoms with Crippen molar-refractivity contribution >= 4 is 34.2 Å². The van der Waals surface area contributed by atoms with E-state index in [4.69, 9.17) is 0 Å². The molecule has 0 spiro atoms. The molecule has 1 unspecified atom stereocenters. The molecule has 0 amide bonds. The Kier molecular flexibility index (Phi) is 3.11. The van der Waals surface area contributed by atoms with Crippen LogP contribution in [0.2, 0.25) is 0 Å². The standard InChI is InChI=1S/C10H12N2OS2/c1-7(5-14)4-12-6-11-8-2-3-15-9(8)10(12)13/h2-3,6-7,14H,4-5H2,1H3. The van der Waals surface area contributed by atoms with Crippen LogP contribution in [0.25, 0.3) is 10.2 Å². The summed E-state index contributed by atoms with van der Waals surface area (Å²) in [6, 6.07) is 1.87. The van der Waals surface area contributed by atoms with Gasteiger partial charge in [-0.1, -0.05) is 6.92 Å². The fourth-order valence-corrected chi connectivity index (χ4v) is 2.31. The first-order chi connectivity index (χ1) is 7.22. The van der Waals surface area contributed by atoms with Gasteiger partial charge in [-0.25, -0.2) is 4.98 Å². The molecule has 0 aromatic carbocycles. The van der Waals surface area contributed by atoms with Crippen molar-refractivity contribution < 1.29 is 0 Å². The fourth-order valence-electron chi connectivity index (χ4n) is 1.40. The molecule has 3 nitrogen and oxygen atoms in total. The van der Waals surface area contributed by atoms with Crippen LogP contribution in [0.1, 0.15) is 6.92 Å². The molecule has 0 N–H and O–H groups in total. The molecule has 0 bridgehead atoms. The number of thiol groups is 1. The molecule has 0 saturated heterocycles. The monoisotopic (exact) mass is 240 g/mol. The molecule has 0 fully saturated rings. The van der Waals surface area contributed by atoms with E-state index >= 15 is 0 Å². The summed E-state index contributed by atoms with van der Waals surface area (Å²) in [5.74, 6) is 1.15. The molecule has 2 heterocycles. The molecule has 80 valence electrons. The number of rotatable bonds is 3. The number of hydrogen-bond donors (Lipinski definition) is 1. The van der Waals surface area contributed by atoms with Gasteiger partial charge in [0.25, 0.3) is 5.56 Å². The van der Waals surface area contributed by atoms with Crippen LogP contribution in [0.4, 0.5) is 0 Å². The lowest BCUT2D eigenvalue weighted by Crippen LogP contribution is -2.23. The summed E-state index contributed by atoms with van der Waals surface area (Å²) < 4.78 is 2.41. The van der Waals surface area contributed by atoms with E-state index in [0.29, 0.717) is 12.5 Å². The van der Waals surface area contributed by atoms with E-state index in [1.807, 2.05) is 11.4 Å². The van der Waals surface area contributed by atoms with Crippen LogP contribution in [-0.4, -0.2) is 15.3 Å². The summed E-state index contributed by atoms with van der Waals surface area (Å²) in [5, 5.41) is 1.89. The highest BCUT2D eigenvalue weighted by Gasteiger charge is 2.07. The van der Waals surface area contributed by atoms with E-state index < -0.39 is 0 Å². The van der Waals surface area contributed by atoms with Crippen LogP contribution in [0.5, 0.6) is 0 Å². The molecule has 0 aliphatic carbocycles. The Morgan fingerprint density at radius 1 is 1.67 bits per heavy atom. The molecule has 2 aromatic rings. The van der Waals surface area contributed by atoms with Gasteiger partial charge in [-0.2, -0.15) is 12.6 Å². The van der Waals surface area contributed by atoms with E-state index in [1.165, 1.54) is 11.3 Å². The molecule has 15 heavy (non-hydrogen) atoms. The van der Waals surface area contributed by atoms with Gasteiger partial charge < -0.3 is 0 Å². The third-order valence-corrected chi connectivity index (χ3v) is 3.77. The van der Waals surface area contributed by atoms with Gasteiger partial charge >= 0.3 is 0 Å². The van der Waals surface area contributed by atoms with Crippen LogP contribution in [0.3, 0.4) is 0 Å². The molecule has 0 aliphatic heterocycles. The average Bonchev–Trinajstić information content (AvgIpc) is 2.70. The number of hydrogen-bond acceptors (Lipinski definition) is 4. The van der Waals surface area contributed by atoms with Gasteiger partial charge in [-0.05, 0) is 23.1 Å². The summed E-state index contributed by atoms with van der Waals surface area (Å²) in [4.78, 5) is 16.2. The maximum absolute atomic E-state index is 11.9. The Morgan fingerprint density at radius 3 is 3.20 bits per heavy atom. The second-order valence-corrected chi connectivity index (χ2v) is 4.91. The molecule has 2 aromatic heterocycles. The molecule has 0 saturated carbocycles. The van der Waals surface area contributed by atoms with Crippen molar-refractivity contribution in [1.29, 1.82) is 0 Å². The average molecular weight is 240 g/mol. The topological polar surface area (TPSA) is 34.9 Å². The van der Waals surface area contributed by atoms with Crippen molar-refractivity contribution in [3.05, 3.63) is 28.1 Å². The molecular formula is C10H12N2OS2. The fraction of sp³-hybridized carbons (Fsp3) is 0.400. The molecule has 2 rings (SSSR count). The van der Waals surface area contributed by atoms with Gasteiger partial charge in [0, 0.05) is 6.54 Å². The van der Waals surface area contributed by atoms with E-state index in [-0.39, 0.29) is 5.56 Å². The predicted octanol–water partition coefficient (Wildman–Crippen LogP) is 2.02. The lowest BCUT2D eigenvalue weighted by molar-refractivity contribution is 0.516. The van der Waals surface area contributed by atoms with Gasteiger partial charge in [0.1, 0.15) is 4.70 Å². The first-order valence-electron chi connectivity index (χ1n) is 4.76. The highest BCUT2D eigenvalue weighted by molar-refractivity contribution is 7.80. The first-order valence-corrected chi connectivity index (χ1v) is 6.27. The number of nitrogens with zero attached hydrogens (tertiary/aromatic N) is 2. The first kappa shape index (κ1) is 10.7. The SMILES string of the molecule is CC(CS)Cn1cnc2ccsc2c1=O. The third-order valence-electron chi connectivity index (χ3n) is 2.26. The van der Waals surface area contributed by atoms with Gasteiger partial charge in [0.15, 0.2) is 0 Å². The van der Waals surface area contributed by atoms with Crippen LogP contribution in [0, 0.1) is 5.92 Å². The van der Waals surface area contributed by atoms with E-state index in [0.717, 1.165) is 16.0 Å². The van der Waals surface area contributed by atoms with Crippen LogP contribution >= 0.6 is 24.0 Å². The maximum Gasteiger partial charge on any atom is 0.271 e. The Bertz CT molecular complexity index is 517. The smallest absolute Gasteiger partial charge is 0.271 e. The van der Waals surface area contributed by atoms with Crippen LogP contribution in [-0.2, 0) is 6.54 Å². The lowest BCUT2D eigenvalue weighted by atomic mass is 10.2. The Morgan fingerprint density at radius 2 is 2.47 bits per heavy atom. The molecule has 0 aliphatic rings.